The summed E-state index contributed by atoms with van der Waals surface area (Å²) in [5, 5.41) is 2.91. The molecule has 136 valence electrons. The van der Waals surface area contributed by atoms with Gasteiger partial charge in [-0.1, -0.05) is 30.3 Å². The van der Waals surface area contributed by atoms with E-state index in [1.807, 2.05) is 55.5 Å². The second-order valence-electron chi connectivity index (χ2n) is 5.98. The molecular weight excluding hydrogens is 463 g/mol. The van der Waals surface area contributed by atoms with Gasteiger partial charge in [0.25, 0.3) is 0 Å². The molecule has 1 aliphatic rings. The van der Waals surface area contributed by atoms with Crippen molar-refractivity contribution in [3.63, 3.8) is 0 Å². The van der Waals surface area contributed by atoms with E-state index in [9.17, 15) is 9.59 Å². The summed E-state index contributed by atoms with van der Waals surface area (Å²) in [6.07, 6.45) is -0.460. The molecule has 0 aliphatic carbocycles. The molecule has 2 aromatic rings. The van der Waals surface area contributed by atoms with Crippen molar-refractivity contribution in [2.24, 2.45) is 0 Å². The number of thioether (sulfide) groups is 1. The number of carbonyl (C=O) groups excluding carboxylic acids is 2. The zero-order valence-electron chi connectivity index (χ0n) is 14.3. The molecule has 2 amide bonds. The largest absolute Gasteiger partial charge is 0.445 e. The normalized spacial score (nSPS) is 16.4. The van der Waals surface area contributed by atoms with Crippen LogP contribution in [-0.2, 0) is 16.1 Å². The van der Waals surface area contributed by atoms with Gasteiger partial charge in [-0.3, -0.25) is 9.69 Å². The molecular formula is C19H19IN2O3S. The number of aryl methyl sites for hydroxylation is 1. The third-order valence-corrected chi connectivity index (χ3v) is 6.27. The van der Waals surface area contributed by atoms with Crippen molar-refractivity contribution in [2.75, 3.05) is 16.9 Å². The molecule has 0 radical (unpaired) electrons. The third kappa shape index (κ3) is 4.70. The van der Waals surface area contributed by atoms with Gasteiger partial charge in [0.05, 0.1) is 5.88 Å². The molecule has 2 aromatic carbocycles. The van der Waals surface area contributed by atoms with Crippen LogP contribution in [0.1, 0.15) is 11.1 Å². The number of rotatable bonds is 4. The fraction of sp³-hybridized carbons (Fsp3) is 0.263. The number of halogens is 1. The molecule has 0 saturated carbocycles. The summed E-state index contributed by atoms with van der Waals surface area (Å²) in [6.45, 7) is 2.20. The Kier molecular flexibility index (Phi) is 6.42. The zero-order chi connectivity index (χ0) is 18.5. The zero-order valence-corrected chi connectivity index (χ0v) is 17.2. The molecule has 26 heavy (non-hydrogen) atoms. The minimum Gasteiger partial charge on any atom is -0.445 e. The number of ether oxygens (including phenoxy) is 1. The lowest BCUT2D eigenvalue weighted by atomic mass is 10.2. The smallest absolute Gasteiger partial charge is 0.411 e. The standard InChI is InChI=1S/C19H19IN2O3S/c1-13-9-15(7-8-16(13)20)21-18(23)17-11-26-12-22(17)19(24)25-10-14-5-3-2-4-6-14/h2-9,17H,10-12H2,1H3,(H,21,23)/t17-/m1/s1. The van der Waals surface area contributed by atoms with Crippen LogP contribution in [0.3, 0.4) is 0 Å². The Bertz CT molecular complexity index is 801. The number of benzene rings is 2. The molecule has 1 aliphatic heterocycles. The molecule has 0 unspecified atom stereocenters. The highest BCUT2D eigenvalue weighted by Gasteiger charge is 2.35. The summed E-state index contributed by atoms with van der Waals surface area (Å²) in [5.74, 6) is 0.833. The summed E-state index contributed by atoms with van der Waals surface area (Å²) in [6, 6.07) is 14.7. The summed E-state index contributed by atoms with van der Waals surface area (Å²) < 4.78 is 6.51. The molecule has 5 nitrogen and oxygen atoms in total. The lowest BCUT2D eigenvalue weighted by Crippen LogP contribution is -2.44. The number of hydrogen-bond donors (Lipinski definition) is 1. The average molecular weight is 482 g/mol. The maximum atomic E-state index is 12.6. The van der Waals surface area contributed by atoms with Gasteiger partial charge < -0.3 is 10.1 Å². The van der Waals surface area contributed by atoms with Crippen LogP contribution in [0.25, 0.3) is 0 Å². The third-order valence-electron chi connectivity index (χ3n) is 4.05. The molecule has 1 saturated heterocycles. The van der Waals surface area contributed by atoms with E-state index in [0.717, 1.165) is 20.4 Å². The van der Waals surface area contributed by atoms with Crippen LogP contribution in [0.5, 0.6) is 0 Å². The first-order valence-corrected chi connectivity index (χ1v) is 10.4. The minimum atomic E-state index is -0.525. The van der Waals surface area contributed by atoms with E-state index in [2.05, 4.69) is 27.9 Å². The second-order valence-corrected chi connectivity index (χ2v) is 8.14. The van der Waals surface area contributed by atoms with Gasteiger partial charge in [0.15, 0.2) is 0 Å². The Morgan fingerprint density at radius 2 is 2.04 bits per heavy atom. The van der Waals surface area contributed by atoms with Gasteiger partial charge in [-0.05, 0) is 58.8 Å². The molecule has 7 heteroatoms. The van der Waals surface area contributed by atoms with Gasteiger partial charge >= 0.3 is 6.09 Å². The number of carbonyl (C=O) groups is 2. The van der Waals surface area contributed by atoms with Crippen molar-refractivity contribution in [1.82, 2.24) is 4.90 Å². The van der Waals surface area contributed by atoms with Crippen molar-refractivity contribution in [1.29, 1.82) is 0 Å². The van der Waals surface area contributed by atoms with Gasteiger partial charge in [0.2, 0.25) is 5.91 Å². The van der Waals surface area contributed by atoms with Crippen LogP contribution in [0, 0.1) is 10.5 Å². The van der Waals surface area contributed by atoms with Crippen molar-refractivity contribution >= 4 is 52.0 Å². The Balaban J connectivity index is 1.60. The molecule has 0 aromatic heterocycles. The first kappa shape index (κ1) is 19.0. The predicted molar refractivity (Wildman–Crippen MR) is 112 cm³/mol. The molecule has 1 atom stereocenters. The van der Waals surface area contributed by atoms with E-state index in [1.54, 1.807) is 11.8 Å². The van der Waals surface area contributed by atoms with Crippen LogP contribution in [0.2, 0.25) is 0 Å². The Hall–Kier alpha value is -1.74. The van der Waals surface area contributed by atoms with Crippen LogP contribution < -0.4 is 5.32 Å². The average Bonchev–Trinajstić information content (AvgIpc) is 3.14. The van der Waals surface area contributed by atoms with E-state index in [0.29, 0.717) is 11.6 Å². The Morgan fingerprint density at radius 3 is 2.77 bits per heavy atom. The number of anilines is 1. The lowest BCUT2D eigenvalue weighted by molar-refractivity contribution is -0.119. The maximum absolute atomic E-state index is 12.6. The van der Waals surface area contributed by atoms with Gasteiger partial charge in [0, 0.05) is 15.0 Å². The second kappa shape index (κ2) is 8.77. The first-order valence-electron chi connectivity index (χ1n) is 8.16. The molecule has 0 spiro atoms. The van der Waals surface area contributed by atoms with Crippen LogP contribution >= 0.6 is 34.4 Å². The summed E-state index contributed by atoms with van der Waals surface area (Å²) in [7, 11) is 0. The Labute approximate surface area is 170 Å². The summed E-state index contributed by atoms with van der Waals surface area (Å²) >= 11 is 3.80. The minimum absolute atomic E-state index is 0.188. The first-order chi connectivity index (χ1) is 12.5. The van der Waals surface area contributed by atoms with E-state index in [-0.39, 0.29) is 12.5 Å². The molecule has 0 bridgehead atoms. The number of amides is 2. The highest BCUT2D eigenvalue weighted by molar-refractivity contribution is 14.1. The van der Waals surface area contributed by atoms with Crippen molar-refractivity contribution in [3.05, 3.63) is 63.2 Å². The molecule has 1 fully saturated rings. The monoisotopic (exact) mass is 482 g/mol. The SMILES string of the molecule is Cc1cc(NC(=O)[C@H]2CSCN2C(=O)OCc2ccccc2)ccc1I. The summed E-state index contributed by atoms with van der Waals surface area (Å²) in [4.78, 5) is 26.5. The van der Waals surface area contributed by atoms with Gasteiger partial charge in [-0.15, -0.1) is 11.8 Å². The molecule has 1 heterocycles. The highest BCUT2D eigenvalue weighted by Crippen LogP contribution is 2.24. The van der Waals surface area contributed by atoms with Gasteiger partial charge in [-0.2, -0.15) is 0 Å². The van der Waals surface area contributed by atoms with Crippen molar-refractivity contribution in [3.8, 4) is 0 Å². The summed E-state index contributed by atoms with van der Waals surface area (Å²) in [5.41, 5.74) is 2.76. The number of hydrogen-bond acceptors (Lipinski definition) is 4. The topological polar surface area (TPSA) is 58.6 Å². The van der Waals surface area contributed by atoms with Crippen LogP contribution in [0.15, 0.2) is 48.5 Å². The van der Waals surface area contributed by atoms with Crippen LogP contribution in [-0.4, -0.2) is 34.6 Å². The van der Waals surface area contributed by atoms with E-state index in [1.165, 1.54) is 4.90 Å². The van der Waals surface area contributed by atoms with Gasteiger partial charge in [0.1, 0.15) is 12.6 Å². The van der Waals surface area contributed by atoms with E-state index < -0.39 is 12.1 Å². The number of nitrogens with zero attached hydrogens (tertiary/aromatic N) is 1. The van der Waals surface area contributed by atoms with E-state index in [4.69, 9.17) is 4.74 Å². The fourth-order valence-electron chi connectivity index (χ4n) is 2.59. The quantitative estimate of drug-likeness (QED) is 0.663. The highest BCUT2D eigenvalue weighted by atomic mass is 127. The van der Waals surface area contributed by atoms with E-state index >= 15 is 0 Å². The van der Waals surface area contributed by atoms with Crippen LogP contribution in [0.4, 0.5) is 10.5 Å². The predicted octanol–water partition coefficient (Wildman–Crippen LogP) is 4.25. The number of nitrogens with one attached hydrogen (secondary N) is 1. The van der Waals surface area contributed by atoms with Gasteiger partial charge in [-0.25, -0.2) is 4.79 Å². The van der Waals surface area contributed by atoms with Crippen molar-refractivity contribution < 1.29 is 14.3 Å². The fourth-order valence-corrected chi connectivity index (χ4v) is 4.07. The molecule has 1 N–H and O–H groups in total. The molecule has 3 rings (SSSR count). The lowest BCUT2D eigenvalue weighted by Gasteiger charge is -2.22. The maximum Gasteiger partial charge on any atom is 0.411 e. The Morgan fingerprint density at radius 1 is 1.27 bits per heavy atom. The van der Waals surface area contributed by atoms with Crippen molar-refractivity contribution in [2.45, 2.75) is 19.6 Å².